The van der Waals surface area contributed by atoms with E-state index in [0.29, 0.717) is 10.6 Å². The van der Waals surface area contributed by atoms with Crippen LogP contribution in [0, 0.1) is 5.82 Å². The van der Waals surface area contributed by atoms with Gasteiger partial charge in [0.05, 0.1) is 0 Å². The highest BCUT2D eigenvalue weighted by molar-refractivity contribution is 6.30. The van der Waals surface area contributed by atoms with Crippen molar-refractivity contribution >= 4 is 11.6 Å². The van der Waals surface area contributed by atoms with Crippen LogP contribution in [0.4, 0.5) is 4.39 Å². The predicted octanol–water partition coefficient (Wildman–Crippen LogP) is 4.19. The van der Waals surface area contributed by atoms with E-state index in [1.807, 2.05) is 0 Å². The molecule has 1 aromatic rings. The first-order chi connectivity index (χ1) is 7.88. The van der Waals surface area contributed by atoms with E-state index in [1.165, 1.54) is 6.07 Å². The van der Waals surface area contributed by atoms with Gasteiger partial charge in [0.25, 0.3) is 0 Å². The molecule has 0 saturated carbocycles. The topological polar surface area (TPSA) is 12.0 Å². The van der Waals surface area contributed by atoms with Crippen LogP contribution in [0.25, 0.3) is 0 Å². The van der Waals surface area contributed by atoms with Gasteiger partial charge in [0.2, 0.25) is 0 Å². The summed E-state index contributed by atoms with van der Waals surface area (Å²) in [6.45, 7) is 7.39. The lowest BCUT2D eigenvalue weighted by molar-refractivity contribution is 0.418. The number of hydrogen-bond donors (Lipinski definition) is 1. The second-order valence-electron chi connectivity index (χ2n) is 5.37. The van der Waals surface area contributed by atoms with Crippen molar-refractivity contribution in [2.24, 2.45) is 0 Å². The van der Waals surface area contributed by atoms with Crippen LogP contribution in [0.3, 0.4) is 0 Å². The van der Waals surface area contributed by atoms with Crippen LogP contribution in [0.2, 0.25) is 5.02 Å². The van der Waals surface area contributed by atoms with Crippen molar-refractivity contribution in [3.05, 3.63) is 34.6 Å². The summed E-state index contributed by atoms with van der Waals surface area (Å²) in [5.41, 5.74) is 0.870. The van der Waals surface area contributed by atoms with Gasteiger partial charge in [-0.25, -0.2) is 4.39 Å². The van der Waals surface area contributed by atoms with E-state index in [9.17, 15) is 4.39 Å². The average molecular weight is 258 g/mol. The molecule has 0 atom stereocenters. The molecule has 1 nitrogen and oxygen atoms in total. The molecule has 0 saturated heterocycles. The van der Waals surface area contributed by atoms with Crippen LogP contribution in [0.5, 0.6) is 0 Å². The Balaban J connectivity index is 2.29. The zero-order chi connectivity index (χ0) is 12.9. The zero-order valence-electron chi connectivity index (χ0n) is 10.8. The lowest BCUT2D eigenvalue weighted by Crippen LogP contribution is -2.36. The maximum Gasteiger partial charge on any atom is 0.126 e. The van der Waals surface area contributed by atoms with Crippen molar-refractivity contribution < 1.29 is 4.39 Å². The van der Waals surface area contributed by atoms with E-state index in [4.69, 9.17) is 11.6 Å². The Hall–Kier alpha value is -0.600. The number of benzene rings is 1. The molecule has 0 unspecified atom stereocenters. The smallest absolute Gasteiger partial charge is 0.126 e. The molecule has 1 N–H and O–H groups in total. The van der Waals surface area contributed by atoms with Crippen molar-refractivity contribution in [2.45, 2.75) is 45.6 Å². The largest absolute Gasteiger partial charge is 0.312 e. The SMILES string of the molecule is CC(C)(C)NCCCCc1cc(Cl)ccc1F. The monoisotopic (exact) mass is 257 g/mol. The highest BCUT2D eigenvalue weighted by atomic mass is 35.5. The fourth-order valence-electron chi connectivity index (χ4n) is 1.64. The van der Waals surface area contributed by atoms with E-state index in [-0.39, 0.29) is 11.4 Å². The number of nitrogens with one attached hydrogen (secondary N) is 1. The maximum atomic E-state index is 13.4. The quantitative estimate of drug-likeness (QED) is 0.780. The highest BCUT2D eigenvalue weighted by Crippen LogP contribution is 2.16. The third kappa shape index (κ3) is 6.04. The summed E-state index contributed by atoms with van der Waals surface area (Å²) in [4.78, 5) is 0. The lowest BCUT2D eigenvalue weighted by Gasteiger charge is -2.20. The molecule has 0 amide bonds. The van der Waals surface area contributed by atoms with Crippen molar-refractivity contribution in [3.8, 4) is 0 Å². The molecule has 96 valence electrons. The standard InChI is InChI=1S/C14H21ClFN/c1-14(2,3)17-9-5-4-6-11-10-12(15)7-8-13(11)16/h7-8,10,17H,4-6,9H2,1-3H3. The summed E-state index contributed by atoms with van der Waals surface area (Å²) >= 11 is 5.84. The van der Waals surface area contributed by atoms with Gasteiger partial charge in [-0.3, -0.25) is 0 Å². The van der Waals surface area contributed by atoms with E-state index >= 15 is 0 Å². The van der Waals surface area contributed by atoms with E-state index < -0.39 is 0 Å². The number of hydrogen-bond acceptors (Lipinski definition) is 1. The summed E-state index contributed by atoms with van der Waals surface area (Å²) in [5.74, 6) is -0.154. The molecule has 0 radical (unpaired) electrons. The minimum absolute atomic E-state index is 0.154. The van der Waals surface area contributed by atoms with Gasteiger partial charge in [-0.15, -0.1) is 0 Å². The highest BCUT2D eigenvalue weighted by Gasteiger charge is 2.07. The molecular formula is C14H21ClFN. The summed E-state index contributed by atoms with van der Waals surface area (Å²) < 4.78 is 13.4. The Morgan fingerprint density at radius 2 is 1.94 bits per heavy atom. The molecule has 17 heavy (non-hydrogen) atoms. The van der Waals surface area contributed by atoms with Gasteiger partial charge in [-0.05, 0) is 70.3 Å². The number of rotatable bonds is 5. The minimum atomic E-state index is -0.154. The maximum absolute atomic E-state index is 13.4. The Labute approximate surface area is 108 Å². The number of unbranched alkanes of at least 4 members (excludes halogenated alkanes) is 1. The first-order valence-corrected chi connectivity index (χ1v) is 6.45. The summed E-state index contributed by atoms with van der Waals surface area (Å²) in [6, 6.07) is 4.74. The van der Waals surface area contributed by atoms with E-state index in [0.717, 1.165) is 25.8 Å². The van der Waals surface area contributed by atoms with Gasteiger partial charge >= 0.3 is 0 Å². The Kier molecular flexibility index (Phi) is 5.41. The van der Waals surface area contributed by atoms with Gasteiger partial charge < -0.3 is 5.32 Å². The third-order valence-corrected chi connectivity index (χ3v) is 2.77. The molecule has 0 aliphatic rings. The Morgan fingerprint density at radius 1 is 1.24 bits per heavy atom. The molecule has 0 fully saturated rings. The summed E-state index contributed by atoms with van der Waals surface area (Å²) in [7, 11) is 0. The number of halogens is 2. The Morgan fingerprint density at radius 3 is 2.59 bits per heavy atom. The van der Waals surface area contributed by atoms with Gasteiger partial charge in [-0.2, -0.15) is 0 Å². The van der Waals surface area contributed by atoms with Gasteiger partial charge in [0.1, 0.15) is 5.82 Å². The predicted molar refractivity (Wildman–Crippen MR) is 72.1 cm³/mol. The third-order valence-electron chi connectivity index (χ3n) is 2.54. The molecule has 0 aliphatic carbocycles. The Bertz CT molecular complexity index is 358. The molecule has 0 bridgehead atoms. The van der Waals surface area contributed by atoms with Crippen molar-refractivity contribution in [1.29, 1.82) is 0 Å². The van der Waals surface area contributed by atoms with Gasteiger partial charge in [0, 0.05) is 10.6 Å². The first kappa shape index (κ1) is 14.5. The van der Waals surface area contributed by atoms with Crippen molar-refractivity contribution in [3.63, 3.8) is 0 Å². The van der Waals surface area contributed by atoms with Gasteiger partial charge in [0.15, 0.2) is 0 Å². The van der Waals surface area contributed by atoms with Crippen molar-refractivity contribution in [2.75, 3.05) is 6.54 Å². The molecule has 0 aliphatic heterocycles. The second-order valence-corrected chi connectivity index (χ2v) is 5.81. The molecule has 1 rings (SSSR count). The van der Waals surface area contributed by atoms with Crippen LogP contribution in [0.15, 0.2) is 18.2 Å². The number of aryl methyl sites for hydroxylation is 1. The first-order valence-electron chi connectivity index (χ1n) is 6.07. The van der Waals surface area contributed by atoms with Crippen LogP contribution in [-0.4, -0.2) is 12.1 Å². The average Bonchev–Trinajstić information content (AvgIpc) is 2.21. The summed E-state index contributed by atoms with van der Waals surface area (Å²) in [5, 5.41) is 4.02. The molecule has 0 heterocycles. The van der Waals surface area contributed by atoms with Crippen LogP contribution in [0.1, 0.15) is 39.2 Å². The molecule has 3 heteroatoms. The van der Waals surface area contributed by atoms with E-state index in [2.05, 4.69) is 26.1 Å². The molecular weight excluding hydrogens is 237 g/mol. The second kappa shape index (κ2) is 6.36. The fourth-order valence-corrected chi connectivity index (χ4v) is 1.83. The molecule has 0 spiro atoms. The molecule has 1 aromatic carbocycles. The van der Waals surface area contributed by atoms with E-state index in [1.54, 1.807) is 12.1 Å². The lowest BCUT2D eigenvalue weighted by atomic mass is 10.1. The van der Waals surface area contributed by atoms with Crippen LogP contribution in [-0.2, 0) is 6.42 Å². The van der Waals surface area contributed by atoms with Crippen LogP contribution < -0.4 is 5.32 Å². The molecule has 0 aromatic heterocycles. The summed E-state index contributed by atoms with van der Waals surface area (Å²) in [6.07, 6.45) is 2.77. The van der Waals surface area contributed by atoms with Gasteiger partial charge in [-0.1, -0.05) is 11.6 Å². The normalized spacial score (nSPS) is 11.8. The van der Waals surface area contributed by atoms with Crippen molar-refractivity contribution in [1.82, 2.24) is 5.32 Å². The zero-order valence-corrected chi connectivity index (χ0v) is 11.6. The minimum Gasteiger partial charge on any atom is -0.312 e. The fraction of sp³-hybridized carbons (Fsp3) is 0.571. The van der Waals surface area contributed by atoms with Crippen LogP contribution >= 0.6 is 11.6 Å².